The predicted octanol–water partition coefficient (Wildman–Crippen LogP) is 2.76. The number of aryl methyl sites for hydroxylation is 2. The van der Waals surface area contributed by atoms with Crippen molar-refractivity contribution < 1.29 is 9.18 Å². The molecule has 1 N–H and O–H groups in total. The number of halogens is 1. The van der Waals surface area contributed by atoms with Crippen molar-refractivity contribution in [1.82, 2.24) is 10.3 Å². The molecule has 2 rings (SSSR count). The Morgan fingerprint density at radius 2 is 2.00 bits per heavy atom. The van der Waals surface area contributed by atoms with E-state index in [2.05, 4.69) is 10.3 Å². The van der Waals surface area contributed by atoms with Crippen molar-refractivity contribution in [3.63, 3.8) is 0 Å². The van der Waals surface area contributed by atoms with Crippen LogP contribution in [-0.2, 0) is 17.8 Å². The van der Waals surface area contributed by atoms with Crippen molar-refractivity contribution >= 4 is 17.2 Å². The van der Waals surface area contributed by atoms with Gasteiger partial charge in [0.15, 0.2) is 0 Å². The fourth-order valence-electron chi connectivity index (χ4n) is 1.64. The summed E-state index contributed by atoms with van der Waals surface area (Å²) >= 11 is 1.59. The Morgan fingerprint density at radius 1 is 1.32 bits per heavy atom. The Labute approximate surface area is 115 Å². The van der Waals surface area contributed by atoms with E-state index in [0.29, 0.717) is 6.54 Å². The first-order valence-electron chi connectivity index (χ1n) is 5.98. The number of amides is 1. The molecule has 0 bridgehead atoms. The number of carbonyl (C=O) groups excluding carboxylic acids is 1. The third-order valence-corrected chi connectivity index (χ3v) is 3.86. The zero-order valence-electron chi connectivity index (χ0n) is 10.9. The lowest BCUT2D eigenvalue weighted by Gasteiger charge is -2.03. The Kier molecular flexibility index (Phi) is 4.27. The molecule has 1 aromatic heterocycles. The van der Waals surface area contributed by atoms with Crippen LogP contribution < -0.4 is 5.32 Å². The van der Waals surface area contributed by atoms with Crippen molar-refractivity contribution in [3.8, 4) is 0 Å². The molecule has 1 aromatic carbocycles. The monoisotopic (exact) mass is 278 g/mol. The van der Waals surface area contributed by atoms with Gasteiger partial charge in [0, 0.05) is 4.88 Å². The number of benzene rings is 1. The van der Waals surface area contributed by atoms with Crippen LogP contribution in [0, 0.1) is 19.7 Å². The maximum Gasteiger partial charge on any atom is 0.224 e. The molecule has 0 saturated carbocycles. The normalized spacial score (nSPS) is 10.5. The second-order valence-corrected chi connectivity index (χ2v) is 5.62. The van der Waals surface area contributed by atoms with E-state index in [0.717, 1.165) is 16.3 Å². The van der Waals surface area contributed by atoms with Gasteiger partial charge in [-0.2, -0.15) is 0 Å². The van der Waals surface area contributed by atoms with Crippen molar-refractivity contribution in [3.05, 3.63) is 51.2 Å². The summed E-state index contributed by atoms with van der Waals surface area (Å²) in [5, 5.41) is 3.72. The summed E-state index contributed by atoms with van der Waals surface area (Å²) in [6.07, 6.45) is 0.254. The maximum absolute atomic E-state index is 12.7. The van der Waals surface area contributed by atoms with Gasteiger partial charge in [-0.25, -0.2) is 9.37 Å². The van der Waals surface area contributed by atoms with Crippen LogP contribution in [0.4, 0.5) is 4.39 Å². The summed E-state index contributed by atoms with van der Waals surface area (Å²) < 4.78 is 12.7. The maximum atomic E-state index is 12.7. The van der Waals surface area contributed by atoms with Gasteiger partial charge in [-0.1, -0.05) is 12.1 Å². The minimum atomic E-state index is -0.294. The third-order valence-electron chi connectivity index (χ3n) is 2.79. The molecule has 5 heteroatoms. The number of hydrogen-bond donors (Lipinski definition) is 1. The average molecular weight is 278 g/mol. The highest BCUT2D eigenvalue weighted by molar-refractivity contribution is 7.11. The van der Waals surface area contributed by atoms with E-state index in [1.807, 2.05) is 13.8 Å². The molecule has 0 aliphatic rings. The molecule has 19 heavy (non-hydrogen) atoms. The quantitative estimate of drug-likeness (QED) is 0.934. The van der Waals surface area contributed by atoms with E-state index in [1.165, 1.54) is 17.0 Å². The number of aromatic nitrogens is 1. The topological polar surface area (TPSA) is 42.0 Å². The van der Waals surface area contributed by atoms with Gasteiger partial charge in [-0.3, -0.25) is 4.79 Å². The van der Waals surface area contributed by atoms with Crippen LogP contribution >= 0.6 is 11.3 Å². The molecule has 0 unspecified atom stereocenters. The first kappa shape index (κ1) is 13.7. The van der Waals surface area contributed by atoms with Crippen molar-refractivity contribution in [1.29, 1.82) is 0 Å². The van der Waals surface area contributed by atoms with Gasteiger partial charge in [-0.05, 0) is 31.5 Å². The van der Waals surface area contributed by atoms with Crippen LogP contribution in [-0.4, -0.2) is 10.9 Å². The van der Waals surface area contributed by atoms with E-state index in [-0.39, 0.29) is 18.1 Å². The minimum Gasteiger partial charge on any atom is -0.349 e. The molecule has 0 atom stereocenters. The molecule has 2 aromatic rings. The SMILES string of the molecule is Cc1nc(CNC(=O)Cc2ccc(F)cc2)sc1C. The lowest BCUT2D eigenvalue weighted by Crippen LogP contribution is -2.24. The molecule has 100 valence electrons. The Morgan fingerprint density at radius 3 is 2.58 bits per heavy atom. The highest BCUT2D eigenvalue weighted by Gasteiger charge is 2.07. The minimum absolute atomic E-state index is 0.0860. The predicted molar refractivity (Wildman–Crippen MR) is 73.5 cm³/mol. The summed E-state index contributed by atoms with van der Waals surface area (Å²) in [7, 11) is 0. The van der Waals surface area contributed by atoms with E-state index >= 15 is 0 Å². The standard InChI is InChI=1S/C14H15FN2OS/c1-9-10(2)19-14(17-9)8-16-13(18)7-11-3-5-12(15)6-4-11/h3-6H,7-8H2,1-2H3,(H,16,18). The summed E-state index contributed by atoms with van der Waals surface area (Å²) in [5.74, 6) is -0.380. The van der Waals surface area contributed by atoms with Gasteiger partial charge in [0.05, 0.1) is 18.7 Å². The smallest absolute Gasteiger partial charge is 0.224 e. The summed E-state index contributed by atoms with van der Waals surface area (Å²) in [6.45, 7) is 4.41. The summed E-state index contributed by atoms with van der Waals surface area (Å²) in [4.78, 5) is 17.3. The summed E-state index contributed by atoms with van der Waals surface area (Å²) in [5.41, 5.74) is 1.80. The molecule has 1 amide bonds. The van der Waals surface area contributed by atoms with E-state index in [9.17, 15) is 9.18 Å². The van der Waals surface area contributed by atoms with Gasteiger partial charge in [-0.15, -0.1) is 11.3 Å². The van der Waals surface area contributed by atoms with Crippen LogP contribution in [0.3, 0.4) is 0 Å². The summed E-state index contributed by atoms with van der Waals surface area (Å²) in [6, 6.07) is 5.95. The zero-order valence-corrected chi connectivity index (χ0v) is 11.7. The van der Waals surface area contributed by atoms with Crippen LogP contribution in [0.25, 0.3) is 0 Å². The van der Waals surface area contributed by atoms with Gasteiger partial charge in [0.2, 0.25) is 5.91 Å². The largest absolute Gasteiger partial charge is 0.349 e. The number of nitrogens with one attached hydrogen (secondary N) is 1. The van der Waals surface area contributed by atoms with Crippen LogP contribution in [0.15, 0.2) is 24.3 Å². The third kappa shape index (κ3) is 3.86. The number of hydrogen-bond acceptors (Lipinski definition) is 3. The lowest BCUT2D eigenvalue weighted by atomic mass is 10.1. The molecular formula is C14H15FN2OS. The lowest BCUT2D eigenvalue weighted by molar-refractivity contribution is -0.120. The van der Waals surface area contributed by atoms with Crippen molar-refractivity contribution in [2.45, 2.75) is 26.8 Å². The molecule has 0 aliphatic carbocycles. The van der Waals surface area contributed by atoms with E-state index in [4.69, 9.17) is 0 Å². The van der Waals surface area contributed by atoms with E-state index in [1.54, 1.807) is 23.5 Å². The van der Waals surface area contributed by atoms with Gasteiger partial charge >= 0.3 is 0 Å². The van der Waals surface area contributed by atoms with Crippen molar-refractivity contribution in [2.24, 2.45) is 0 Å². The Balaban J connectivity index is 1.86. The van der Waals surface area contributed by atoms with Crippen LogP contribution in [0.2, 0.25) is 0 Å². The number of carbonyl (C=O) groups is 1. The van der Waals surface area contributed by atoms with Crippen LogP contribution in [0.1, 0.15) is 21.1 Å². The second-order valence-electron chi connectivity index (χ2n) is 4.33. The molecule has 0 radical (unpaired) electrons. The number of nitrogens with zero attached hydrogens (tertiary/aromatic N) is 1. The molecule has 0 spiro atoms. The van der Waals surface area contributed by atoms with Gasteiger partial charge in [0.1, 0.15) is 10.8 Å². The number of rotatable bonds is 4. The Bertz CT molecular complexity index is 558. The molecule has 0 saturated heterocycles. The first-order chi connectivity index (χ1) is 9.04. The molecule has 3 nitrogen and oxygen atoms in total. The molecule has 1 heterocycles. The molecule has 0 fully saturated rings. The first-order valence-corrected chi connectivity index (χ1v) is 6.80. The zero-order chi connectivity index (χ0) is 13.8. The molecular weight excluding hydrogens is 263 g/mol. The Hall–Kier alpha value is -1.75. The average Bonchev–Trinajstić information content (AvgIpc) is 2.69. The van der Waals surface area contributed by atoms with Crippen molar-refractivity contribution in [2.75, 3.05) is 0 Å². The highest BCUT2D eigenvalue weighted by atomic mass is 32.1. The fraction of sp³-hybridized carbons (Fsp3) is 0.286. The van der Waals surface area contributed by atoms with Gasteiger partial charge < -0.3 is 5.32 Å². The van der Waals surface area contributed by atoms with E-state index < -0.39 is 0 Å². The molecule has 0 aliphatic heterocycles. The van der Waals surface area contributed by atoms with Gasteiger partial charge in [0.25, 0.3) is 0 Å². The van der Waals surface area contributed by atoms with Crippen LogP contribution in [0.5, 0.6) is 0 Å². The fourth-order valence-corrected chi connectivity index (χ4v) is 2.51. The number of thiazole rings is 1. The highest BCUT2D eigenvalue weighted by Crippen LogP contribution is 2.16. The second kappa shape index (κ2) is 5.93.